The molecule has 1 saturated heterocycles. The molecule has 1 heterocycles. The Hall–Kier alpha value is -1.14. The van der Waals surface area contributed by atoms with E-state index in [0.29, 0.717) is 19.6 Å². The zero-order valence-corrected chi connectivity index (χ0v) is 14.1. The molecule has 6 heteroatoms. The van der Waals surface area contributed by atoms with Gasteiger partial charge in [-0.15, -0.1) is 0 Å². The largest absolute Gasteiger partial charge is 0.353 e. The lowest BCUT2D eigenvalue weighted by molar-refractivity contribution is -0.159. The first-order valence-electron chi connectivity index (χ1n) is 8.39. The number of amides is 2. The Bertz CT molecular complexity index is 405. The number of hydrogen-bond donors (Lipinski definition) is 1. The molecule has 2 rings (SSSR count). The first-order chi connectivity index (χ1) is 10.5. The number of nitrogens with one attached hydrogen (secondary N) is 1. The molecule has 0 aromatic heterocycles. The van der Waals surface area contributed by atoms with Gasteiger partial charge in [-0.1, -0.05) is 13.3 Å². The van der Waals surface area contributed by atoms with E-state index in [0.717, 1.165) is 32.2 Å². The highest BCUT2D eigenvalue weighted by Gasteiger charge is 2.52. The summed E-state index contributed by atoms with van der Waals surface area (Å²) >= 11 is 0. The van der Waals surface area contributed by atoms with Gasteiger partial charge < -0.3 is 15.0 Å². The highest BCUT2D eigenvalue weighted by molar-refractivity contribution is 5.88. The maximum absolute atomic E-state index is 12.5. The van der Waals surface area contributed by atoms with Crippen molar-refractivity contribution in [3.63, 3.8) is 0 Å². The third kappa shape index (κ3) is 3.60. The van der Waals surface area contributed by atoms with Crippen LogP contribution in [0.15, 0.2) is 0 Å². The van der Waals surface area contributed by atoms with Crippen LogP contribution in [0.1, 0.15) is 45.4 Å². The summed E-state index contributed by atoms with van der Waals surface area (Å²) in [5.74, 6) is -0.0711. The lowest BCUT2D eigenvalue weighted by Crippen LogP contribution is -2.56. The van der Waals surface area contributed by atoms with Crippen LogP contribution in [0.3, 0.4) is 0 Å². The SMILES string of the molecule is CCC(=O)N1[C@H](C(=O)NCCN(C)C)COC12CCCCC2. The van der Waals surface area contributed by atoms with E-state index < -0.39 is 11.8 Å². The second-order valence-electron chi connectivity index (χ2n) is 6.55. The topological polar surface area (TPSA) is 61.9 Å². The first-order valence-corrected chi connectivity index (χ1v) is 8.39. The summed E-state index contributed by atoms with van der Waals surface area (Å²) in [6.07, 6.45) is 5.40. The third-order valence-corrected chi connectivity index (χ3v) is 4.63. The number of hydrogen-bond acceptors (Lipinski definition) is 4. The quantitative estimate of drug-likeness (QED) is 0.821. The molecule has 1 atom stereocenters. The molecule has 22 heavy (non-hydrogen) atoms. The van der Waals surface area contributed by atoms with Gasteiger partial charge in [0.05, 0.1) is 6.61 Å². The summed E-state index contributed by atoms with van der Waals surface area (Å²) in [5, 5.41) is 2.93. The number of likely N-dealkylation sites (N-methyl/N-ethyl adjacent to an activating group) is 1. The second-order valence-corrected chi connectivity index (χ2v) is 6.55. The van der Waals surface area contributed by atoms with Crippen LogP contribution in [0.4, 0.5) is 0 Å². The highest BCUT2D eigenvalue weighted by Crippen LogP contribution is 2.40. The molecule has 0 bridgehead atoms. The van der Waals surface area contributed by atoms with Crippen molar-refractivity contribution in [2.24, 2.45) is 0 Å². The van der Waals surface area contributed by atoms with E-state index in [4.69, 9.17) is 4.74 Å². The lowest BCUT2D eigenvalue weighted by atomic mass is 9.90. The molecular formula is C16H29N3O3. The average molecular weight is 311 g/mol. The molecule has 0 aromatic rings. The van der Waals surface area contributed by atoms with E-state index in [2.05, 4.69) is 5.32 Å². The maximum Gasteiger partial charge on any atom is 0.245 e. The van der Waals surface area contributed by atoms with Crippen LogP contribution in [0.2, 0.25) is 0 Å². The zero-order chi connectivity index (χ0) is 16.2. The van der Waals surface area contributed by atoms with Crippen molar-refractivity contribution >= 4 is 11.8 Å². The fourth-order valence-corrected chi connectivity index (χ4v) is 3.44. The zero-order valence-electron chi connectivity index (χ0n) is 14.1. The predicted molar refractivity (Wildman–Crippen MR) is 84.3 cm³/mol. The third-order valence-electron chi connectivity index (χ3n) is 4.63. The standard InChI is InChI=1S/C16H29N3O3/c1-4-14(20)19-13(15(21)17-10-11-18(2)3)12-22-16(19)8-6-5-7-9-16/h13H,4-12H2,1-3H3,(H,17,21)/t13-/m0/s1. The predicted octanol–water partition coefficient (Wildman–Crippen LogP) is 0.962. The second kappa shape index (κ2) is 7.42. The van der Waals surface area contributed by atoms with Crippen molar-refractivity contribution in [2.45, 2.75) is 57.2 Å². The fourth-order valence-electron chi connectivity index (χ4n) is 3.44. The number of ether oxygens (including phenoxy) is 1. The monoisotopic (exact) mass is 311 g/mol. The average Bonchev–Trinajstić information content (AvgIpc) is 2.85. The Morgan fingerprint density at radius 2 is 1.95 bits per heavy atom. The van der Waals surface area contributed by atoms with Gasteiger partial charge in [0.1, 0.15) is 11.8 Å². The van der Waals surface area contributed by atoms with Gasteiger partial charge in [-0.3, -0.25) is 14.5 Å². The van der Waals surface area contributed by atoms with Crippen molar-refractivity contribution in [2.75, 3.05) is 33.8 Å². The molecule has 126 valence electrons. The molecule has 0 radical (unpaired) electrons. The minimum absolute atomic E-state index is 0.0205. The maximum atomic E-state index is 12.5. The van der Waals surface area contributed by atoms with Crippen LogP contribution in [-0.4, -0.2) is 67.2 Å². The minimum Gasteiger partial charge on any atom is -0.353 e. The summed E-state index contributed by atoms with van der Waals surface area (Å²) in [5.41, 5.74) is -0.533. The lowest BCUT2D eigenvalue weighted by Gasteiger charge is -2.41. The Morgan fingerprint density at radius 1 is 1.27 bits per heavy atom. The molecule has 0 aromatic carbocycles. The van der Waals surface area contributed by atoms with E-state index in [1.54, 1.807) is 4.90 Å². The summed E-state index contributed by atoms with van der Waals surface area (Å²) in [6, 6.07) is -0.479. The van der Waals surface area contributed by atoms with Crippen molar-refractivity contribution in [1.82, 2.24) is 15.1 Å². The molecule has 2 aliphatic rings. The van der Waals surface area contributed by atoms with Crippen molar-refractivity contribution in [1.29, 1.82) is 0 Å². The number of nitrogens with zero attached hydrogens (tertiary/aromatic N) is 2. The summed E-state index contributed by atoms with van der Waals surface area (Å²) < 4.78 is 6.01. The normalized spacial score (nSPS) is 24.0. The van der Waals surface area contributed by atoms with Gasteiger partial charge in [0.2, 0.25) is 11.8 Å². The molecule has 1 spiro atoms. The molecular weight excluding hydrogens is 282 g/mol. The minimum atomic E-state index is -0.533. The van der Waals surface area contributed by atoms with Gasteiger partial charge >= 0.3 is 0 Å². The first kappa shape index (κ1) is 17.2. The Balaban J connectivity index is 2.06. The Kier molecular flexibility index (Phi) is 5.81. The molecule has 1 saturated carbocycles. The molecule has 1 N–H and O–H groups in total. The van der Waals surface area contributed by atoms with E-state index in [1.807, 2.05) is 25.9 Å². The highest BCUT2D eigenvalue weighted by atomic mass is 16.5. The van der Waals surface area contributed by atoms with Crippen molar-refractivity contribution < 1.29 is 14.3 Å². The Morgan fingerprint density at radius 3 is 2.55 bits per heavy atom. The van der Waals surface area contributed by atoms with Crippen LogP contribution < -0.4 is 5.32 Å². The van der Waals surface area contributed by atoms with Gasteiger partial charge in [0, 0.05) is 19.5 Å². The fraction of sp³-hybridized carbons (Fsp3) is 0.875. The molecule has 1 aliphatic carbocycles. The number of carbonyl (C=O) groups excluding carboxylic acids is 2. The van der Waals surface area contributed by atoms with Crippen LogP contribution in [0, 0.1) is 0 Å². The molecule has 6 nitrogen and oxygen atoms in total. The van der Waals surface area contributed by atoms with Gasteiger partial charge in [-0.25, -0.2) is 0 Å². The van der Waals surface area contributed by atoms with Gasteiger partial charge in [0.15, 0.2) is 0 Å². The molecule has 2 fully saturated rings. The van der Waals surface area contributed by atoms with Crippen LogP contribution in [-0.2, 0) is 14.3 Å². The summed E-state index contributed by atoms with van der Waals surface area (Å²) in [4.78, 5) is 28.7. The van der Waals surface area contributed by atoms with Gasteiger partial charge in [-0.05, 0) is 39.8 Å². The van der Waals surface area contributed by atoms with Gasteiger partial charge in [0.25, 0.3) is 0 Å². The molecule has 2 amide bonds. The van der Waals surface area contributed by atoms with E-state index >= 15 is 0 Å². The van der Waals surface area contributed by atoms with Crippen LogP contribution in [0.5, 0.6) is 0 Å². The van der Waals surface area contributed by atoms with Gasteiger partial charge in [-0.2, -0.15) is 0 Å². The van der Waals surface area contributed by atoms with Crippen molar-refractivity contribution in [3.05, 3.63) is 0 Å². The van der Waals surface area contributed by atoms with Crippen molar-refractivity contribution in [3.8, 4) is 0 Å². The summed E-state index contributed by atoms with van der Waals surface area (Å²) in [6.45, 7) is 3.54. The van der Waals surface area contributed by atoms with E-state index in [-0.39, 0.29) is 11.8 Å². The summed E-state index contributed by atoms with van der Waals surface area (Å²) in [7, 11) is 3.93. The smallest absolute Gasteiger partial charge is 0.245 e. The molecule has 1 aliphatic heterocycles. The Labute approximate surface area is 133 Å². The van der Waals surface area contributed by atoms with E-state index in [9.17, 15) is 9.59 Å². The van der Waals surface area contributed by atoms with Crippen LogP contribution in [0.25, 0.3) is 0 Å². The number of rotatable bonds is 5. The molecule has 0 unspecified atom stereocenters. The number of carbonyl (C=O) groups is 2. The van der Waals surface area contributed by atoms with Crippen LogP contribution >= 0.6 is 0 Å². The van der Waals surface area contributed by atoms with E-state index in [1.165, 1.54) is 6.42 Å².